The van der Waals surface area contributed by atoms with Crippen LogP contribution in [0.3, 0.4) is 0 Å². The highest BCUT2D eigenvalue weighted by molar-refractivity contribution is 5.76. The predicted octanol–water partition coefficient (Wildman–Crippen LogP) is 3.62. The third-order valence-electron chi connectivity index (χ3n) is 5.85. The molecule has 4 rings (SSSR count). The van der Waals surface area contributed by atoms with E-state index in [1.165, 1.54) is 29.5 Å². The number of benzene rings is 1. The number of hydrogen-bond donors (Lipinski definition) is 0. The largest absolute Gasteiger partial charge is 0.353 e. The van der Waals surface area contributed by atoms with Crippen LogP contribution in [0.25, 0.3) is 0 Å². The number of carbonyl (C=O) groups excluding carboxylic acids is 1. The zero-order valence-corrected chi connectivity index (χ0v) is 17.2. The standard InChI is InChI=1S/C23H30N4O/c1-4-21(28)26-10-12-27(13-11-26)23-20(15-18-7-5-6-16(2)14-18)17(3)24-22(25-23)19-8-9-19/h5-7,14,19H,4,8-13,15H2,1-3H3. The lowest BCUT2D eigenvalue weighted by Crippen LogP contribution is -2.49. The molecule has 1 aliphatic carbocycles. The molecule has 1 aliphatic heterocycles. The van der Waals surface area contributed by atoms with E-state index in [0.717, 1.165) is 49.9 Å². The van der Waals surface area contributed by atoms with Gasteiger partial charge in [0.2, 0.25) is 5.91 Å². The summed E-state index contributed by atoms with van der Waals surface area (Å²) in [5.74, 6) is 2.87. The molecule has 5 nitrogen and oxygen atoms in total. The monoisotopic (exact) mass is 378 g/mol. The first-order chi connectivity index (χ1) is 13.5. The number of carbonyl (C=O) groups is 1. The molecule has 2 heterocycles. The highest BCUT2D eigenvalue weighted by atomic mass is 16.2. The Labute approximate surface area is 167 Å². The number of rotatable bonds is 5. The Kier molecular flexibility index (Phi) is 5.33. The number of anilines is 1. The zero-order valence-electron chi connectivity index (χ0n) is 17.2. The Morgan fingerprint density at radius 1 is 1.11 bits per heavy atom. The number of aryl methyl sites for hydroxylation is 2. The van der Waals surface area contributed by atoms with Gasteiger partial charge in [0, 0.05) is 56.2 Å². The van der Waals surface area contributed by atoms with Gasteiger partial charge in [-0.15, -0.1) is 0 Å². The quantitative estimate of drug-likeness (QED) is 0.797. The summed E-state index contributed by atoms with van der Waals surface area (Å²) in [5.41, 5.74) is 4.90. The lowest BCUT2D eigenvalue weighted by atomic mass is 10.0. The molecule has 0 N–H and O–H groups in total. The van der Waals surface area contributed by atoms with Gasteiger partial charge in [0.25, 0.3) is 0 Å². The van der Waals surface area contributed by atoms with E-state index in [4.69, 9.17) is 9.97 Å². The first kappa shape index (κ1) is 18.9. The van der Waals surface area contributed by atoms with Crippen molar-refractivity contribution in [3.63, 3.8) is 0 Å². The van der Waals surface area contributed by atoms with Crippen LogP contribution in [-0.2, 0) is 11.2 Å². The van der Waals surface area contributed by atoms with Crippen LogP contribution in [0.4, 0.5) is 5.82 Å². The fourth-order valence-corrected chi connectivity index (χ4v) is 4.01. The molecule has 0 radical (unpaired) electrons. The van der Waals surface area contributed by atoms with Crippen molar-refractivity contribution in [3.05, 3.63) is 52.5 Å². The molecule has 2 fully saturated rings. The normalized spacial score (nSPS) is 17.1. The molecule has 2 aliphatic rings. The van der Waals surface area contributed by atoms with Crippen molar-refractivity contribution in [2.45, 2.75) is 52.4 Å². The van der Waals surface area contributed by atoms with Crippen LogP contribution in [0.2, 0.25) is 0 Å². The number of nitrogens with zero attached hydrogens (tertiary/aromatic N) is 4. The van der Waals surface area contributed by atoms with Crippen LogP contribution in [0.15, 0.2) is 24.3 Å². The molecule has 148 valence electrons. The van der Waals surface area contributed by atoms with Gasteiger partial charge in [0.1, 0.15) is 11.6 Å². The molecule has 0 unspecified atom stereocenters. The van der Waals surface area contributed by atoms with E-state index in [9.17, 15) is 4.79 Å². The fourth-order valence-electron chi connectivity index (χ4n) is 4.01. The first-order valence-electron chi connectivity index (χ1n) is 10.5. The SMILES string of the molecule is CCC(=O)N1CCN(c2nc(C3CC3)nc(C)c2Cc2cccc(C)c2)CC1. The second kappa shape index (κ2) is 7.90. The highest BCUT2D eigenvalue weighted by Gasteiger charge is 2.30. The number of piperazine rings is 1. The number of amides is 1. The topological polar surface area (TPSA) is 49.3 Å². The summed E-state index contributed by atoms with van der Waals surface area (Å²) in [6.07, 6.45) is 3.84. The minimum absolute atomic E-state index is 0.247. The van der Waals surface area contributed by atoms with E-state index >= 15 is 0 Å². The van der Waals surface area contributed by atoms with Crippen LogP contribution in [0, 0.1) is 13.8 Å². The van der Waals surface area contributed by atoms with Crippen LogP contribution in [0.1, 0.15) is 60.3 Å². The van der Waals surface area contributed by atoms with Crippen LogP contribution in [-0.4, -0.2) is 47.0 Å². The van der Waals surface area contributed by atoms with Gasteiger partial charge >= 0.3 is 0 Å². The maximum absolute atomic E-state index is 12.0. The van der Waals surface area contributed by atoms with E-state index in [-0.39, 0.29) is 5.91 Å². The first-order valence-corrected chi connectivity index (χ1v) is 10.5. The van der Waals surface area contributed by atoms with Gasteiger partial charge in [-0.3, -0.25) is 4.79 Å². The van der Waals surface area contributed by atoms with Gasteiger partial charge in [0.15, 0.2) is 0 Å². The summed E-state index contributed by atoms with van der Waals surface area (Å²) < 4.78 is 0. The zero-order chi connectivity index (χ0) is 19.7. The van der Waals surface area contributed by atoms with E-state index < -0.39 is 0 Å². The molecule has 0 atom stereocenters. The van der Waals surface area contributed by atoms with Crippen molar-refractivity contribution in [1.29, 1.82) is 0 Å². The molecule has 28 heavy (non-hydrogen) atoms. The summed E-state index contributed by atoms with van der Waals surface area (Å²) in [4.78, 5) is 26.3. The Balaban J connectivity index is 1.63. The van der Waals surface area contributed by atoms with Gasteiger partial charge in [-0.05, 0) is 32.3 Å². The Bertz CT molecular complexity index is 867. The van der Waals surface area contributed by atoms with Crippen molar-refractivity contribution >= 4 is 11.7 Å². The summed E-state index contributed by atoms with van der Waals surface area (Å²) in [5, 5.41) is 0. The maximum atomic E-state index is 12.0. The van der Waals surface area contributed by atoms with Crippen molar-refractivity contribution in [1.82, 2.24) is 14.9 Å². The van der Waals surface area contributed by atoms with E-state index in [1.54, 1.807) is 0 Å². The average Bonchev–Trinajstić information content (AvgIpc) is 3.54. The highest BCUT2D eigenvalue weighted by Crippen LogP contribution is 2.39. The molecule has 0 spiro atoms. The average molecular weight is 379 g/mol. The van der Waals surface area contributed by atoms with Gasteiger partial charge < -0.3 is 9.80 Å². The third-order valence-corrected chi connectivity index (χ3v) is 5.85. The molecule has 1 saturated heterocycles. The van der Waals surface area contributed by atoms with Crippen LogP contribution >= 0.6 is 0 Å². The fraction of sp³-hybridized carbons (Fsp3) is 0.522. The summed E-state index contributed by atoms with van der Waals surface area (Å²) in [6, 6.07) is 8.68. The van der Waals surface area contributed by atoms with E-state index in [2.05, 4.69) is 43.0 Å². The minimum Gasteiger partial charge on any atom is -0.353 e. The molecule has 5 heteroatoms. The van der Waals surface area contributed by atoms with Gasteiger partial charge in [-0.1, -0.05) is 36.8 Å². The number of hydrogen-bond acceptors (Lipinski definition) is 4. The van der Waals surface area contributed by atoms with E-state index in [0.29, 0.717) is 12.3 Å². The molecule has 1 aromatic heterocycles. The molecule has 1 saturated carbocycles. The Hall–Kier alpha value is -2.43. The van der Waals surface area contributed by atoms with Crippen LogP contribution < -0.4 is 4.90 Å². The Morgan fingerprint density at radius 2 is 1.86 bits per heavy atom. The number of aromatic nitrogens is 2. The maximum Gasteiger partial charge on any atom is 0.222 e. The third kappa shape index (κ3) is 4.03. The minimum atomic E-state index is 0.247. The Morgan fingerprint density at radius 3 is 2.50 bits per heavy atom. The van der Waals surface area contributed by atoms with Crippen LogP contribution in [0.5, 0.6) is 0 Å². The summed E-state index contributed by atoms with van der Waals surface area (Å²) >= 11 is 0. The predicted molar refractivity (Wildman–Crippen MR) is 112 cm³/mol. The summed E-state index contributed by atoms with van der Waals surface area (Å²) in [7, 11) is 0. The smallest absolute Gasteiger partial charge is 0.222 e. The molecule has 1 amide bonds. The van der Waals surface area contributed by atoms with Crippen molar-refractivity contribution in [2.75, 3.05) is 31.1 Å². The second-order valence-corrected chi connectivity index (χ2v) is 8.13. The van der Waals surface area contributed by atoms with Crippen molar-refractivity contribution < 1.29 is 4.79 Å². The van der Waals surface area contributed by atoms with Gasteiger partial charge in [0.05, 0.1) is 0 Å². The van der Waals surface area contributed by atoms with Crippen molar-refractivity contribution in [3.8, 4) is 0 Å². The lowest BCUT2D eigenvalue weighted by Gasteiger charge is -2.36. The van der Waals surface area contributed by atoms with E-state index in [1.807, 2.05) is 11.8 Å². The van der Waals surface area contributed by atoms with Gasteiger partial charge in [-0.2, -0.15) is 0 Å². The summed E-state index contributed by atoms with van der Waals surface area (Å²) in [6.45, 7) is 9.42. The molecular formula is C23H30N4O. The van der Waals surface area contributed by atoms with Gasteiger partial charge in [-0.25, -0.2) is 9.97 Å². The molecule has 0 bridgehead atoms. The molecule has 2 aromatic rings. The lowest BCUT2D eigenvalue weighted by molar-refractivity contribution is -0.131. The van der Waals surface area contributed by atoms with Crippen molar-refractivity contribution in [2.24, 2.45) is 0 Å². The molecule has 1 aromatic carbocycles. The molecular weight excluding hydrogens is 348 g/mol. The second-order valence-electron chi connectivity index (χ2n) is 8.13.